The van der Waals surface area contributed by atoms with Crippen molar-refractivity contribution >= 4 is 17.8 Å². The van der Waals surface area contributed by atoms with Crippen LogP contribution in [0.1, 0.15) is 33.6 Å². The number of nitrogens with one attached hydrogen (secondary N) is 2. The summed E-state index contributed by atoms with van der Waals surface area (Å²) in [7, 11) is 3.12. The first-order chi connectivity index (χ1) is 10.9. The van der Waals surface area contributed by atoms with E-state index in [4.69, 9.17) is 4.74 Å². The molecule has 0 aromatic heterocycles. The summed E-state index contributed by atoms with van der Waals surface area (Å²) >= 11 is 0. The molecule has 1 saturated heterocycles. The van der Waals surface area contributed by atoms with Crippen LogP contribution >= 0.6 is 0 Å². The first-order valence-electron chi connectivity index (χ1n) is 8.25. The van der Waals surface area contributed by atoms with E-state index in [1.165, 1.54) is 7.11 Å². The summed E-state index contributed by atoms with van der Waals surface area (Å²) in [4.78, 5) is 29.8. The van der Waals surface area contributed by atoms with Gasteiger partial charge in [-0.15, -0.1) is 0 Å². The van der Waals surface area contributed by atoms with Crippen LogP contribution in [-0.4, -0.2) is 62.6 Å². The summed E-state index contributed by atoms with van der Waals surface area (Å²) in [6, 6.07) is 0.196. The molecule has 1 aliphatic heterocycles. The number of guanidine groups is 1. The van der Waals surface area contributed by atoms with Gasteiger partial charge in [0.1, 0.15) is 0 Å². The van der Waals surface area contributed by atoms with Crippen molar-refractivity contribution in [1.29, 1.82) is 0 Å². The van der Waals surface area contributed by atoms with Gasteiger partial charge in [0.25, 0.3) is 0 Å². The number of carbonyl (C=O) groups excluding carboxylic acids is 2. The predicted molar refractivity (Wildman–Crippen MR) is 90.1 cm³/mol. The van der Waals surface area contributed by atoms with Gasteiger partial charge in [-0.05, 0) is 19.3 Å². The van der Waals surface area contributed by atoms with Crippen LogP contribution in [0.5, 0.6) is 0 Å². The van der Waals surface area contributed by atoms with Crippen molar-refractivity contribution in [2.75, 3.05) is 33.8 Å². The average Bonchev–Trinajstić information content (AvgIpc) is 2.92. The Morgan fingerprint density at radius 2 is 2.09 bits per heavy atom. The topological polar surface area (TPSA) is 83.0 Å². The van der Waals surface area contributed by atoms with Crippen molar-refractivity contribution in [3.8, 4) is 0 Å². The third kappa shape index (κ3) is 5.73. The molecule has 0 aliphatic carbocycles. The summed E-state index contributed by atoms with van der Waals surface area (Å²) in [6.07, 6.45) is 1.31. The first kappa shape index (κ1) is 19.3. The Balaban J connectivity index is 2.44. The molecule has 3 unspecified atom stereocenters. The van der Waals surface area contributed by atoms with Gasteiger partial charge in [-0.25, -0.2) is 0 Å². The molecule has 0 aromatic rings. The van der Waals surface area contributed by atoms with E-state index in [2.05, 4.69) is 15.6 Å². The largest absolute Gasteiger partial charge is 0.469 e. The highest BCUT2D eigenvalue weighted by molar-refractivity contribution is 5.83. The predicted octanol–water partition coefficient (Wildman–Crippen LogP) is 0.608. The monoisotopic (exact) mass is 326 g/mol. The molecule has 1 aliphatic rings. The van der Waals surface area contributed by atoms with Crippen LogP contribution in [0.2, 0.25) is 0 Å². The molecule has 1 amide bonds. The highest BCUT2D eigenvalue weighted by Gasteiger charge is 2.36. The van der Waals surface area contributed by atoms with Crippen LogP contribution in [-0.2, 0) is 14.3 Å². The zero-order valence-electron chi connectivity index (χ0n) is 14.9. The van der Waals surface area contributed by atoms with E-state index in [-0.39, 0.29) is 29.8 Å². The molecule has 0 spiro atoms. The molecular weight excluding hydrogens is 296 g/mol. The quantitative estimate of drug-likeness (QED) is 0.424. The third-order valence-electron chi connectivity index (χ3n) is 4.28. The highest BCUT2D eigenvalue weighted by atomic mass is 16.5. The highest BCUT2D eigenvalue weighted by Crippen LogP contribution is 2.23. The number of esters is 1. The van der Waals surface area contributed by atoms with Crippen LogP contribution in [0.3, 0.4) is 0 Å². The summed E-state index contributed by atoms with van der Waals surface area (Å²) in [5, 5.41) is 6.13. The Hall–Kier alpha value is -1.79. The van der Waals surface area contributed by atoms with Crippen molar-refractivity contribution in [2.45, 2.75) is 39.7 Å². The smallest absolute Gasteiger partial charge is 0.310 e. The lowest BCUT2D eigenvalue weighted by Crippen LogP contribution is -2.42. The van der Waals surface area contributed by atoms with Gasteiger partial charge >= 0.3 is 5.97 Å². The van der Waals surface area contributed by atoms with E-state index in [1.807, 2.05) is 25.7 Å². The molecule has 3 atom stereocenters. The Kier molecular flexibility index (Phi) is 7.85. The van der Waals surface area contributed by atoms with Crippen LogP contribution in [0.25, 0.3) is 0 Å². The van der Waals surface area contributed by atoms with Crippen molar-refractivity contribution in [3.05, 3.63) is 0 Å². The molecule has 1 rings (SSSR count). The van der Waals surface area contributed by atoms with Crippen molar-refractivity contribution in [2.24, 2.45) is 16.8 Å². The van der Waals surface area contributed by atoms with Gasteiger partial charge in [-0.1, -0.05) is 13.8 Å². The summed E-state index contributed by atoms with van der Waals surface area (Å²) < 4.78 is 4.85. The van der Waals surface area contributed by atoms with Gasteiger partial charge < -0.3 is 20.3 Å². The van der Waals surface area contributed by atoms with E-state index >= 15 is 0 Å². The van der Waals surface area contributed by atoms with Crippen LogP contribution < -0.4 is 10.6 Å². The standard InChI is InChI=1S/C16H30N4O3/c1-6-12(3)19-14(21)7-8-18-16(17-4)20-9-11(2)13(10-20)15(22)23-5/h11-13H,6-10H2,1-5H3,(H,17,18)(H,19,21). The number of carbonyl (C=O) groups is 2. The molecule has 1 heterocycles. The number of nitrogens with zero attached hydrogens (tertiary/aromatic N) is 2. The zero-order chi connectivity index (χ0) is 17.4. The second-order valence-electron chi connectivity index (χ2n) is 6.11. The minimum atomic E-state index is -0.177. The molecule has 0 saturated carbocycles. The van der Waals surface area contributed by atoms with Crippen LogP contribution in [0.15, 0.2) is 4.99 Å². The van der Waals surface area contributed by atoms with E-state index in [1.54, 1.807) is 7.05 Å². The lowest BCUT2D eigenvalue weighted by atomic mass is 9.99. The Morgan fingerprint density at radius 1 is 1.39 bits per heavy atom. The van der Waals surface area contributed by atoms with Crippen LogP contribution in [0.4, 0.5) is 0 Å². The molecule has 0 aromatic carbocycles. The number of likely N-dealkylation sites (tertiary alicyclic amines) is 1. The average molecular weight is 326 g/mol. The summed E-state index contributed by atoms with van der Waals surface area (Å²) in [6.45, 7) is 7.92. The maximum atomic E-state index is 11.8. The molecule has 0 bridgehead atoms. The maximum absolute atomic E-state index is 11.8. The van der Waals surface area contributed by atoms with Gasteiger partial charge in [-0.2, -0.15) is 0 Å². The number of hydrogen-bond donors (Lipinski definition) is 2. The Morgan fingerprint density at radius 3 is 2.65 bits per heavy atom. The van der Waals surface area contributed by atoms with Gasteiger partial charge in [0, 0.05) is 39.1 Å². The minimum absolute atomic E-state index is 0.0320. The zero-order valence-corrected chi connectivity index (χ0v) is 14.9. The number of amides is 1. The molecular formula is C16H30N4O3. The van der Waals surface area contributed by atoms with Crippen LogP contribution in [0, 0.1) is 11.8 Å². The molecule has 2 N–H and O–H groups in total. The number of methoxy groups -OCH3 is 1. The normalized spacial score (nSPS) is 22.7. The van der Waals surface area contributed by atoms with Gasteiger partial charge in [0.15, 0.2) is 5.96 Å². The Bertz CT molecular complexity index is 439. The second-order valence-corrected chi connectivity index (χ2v) is 6.11. The molecule has 132 valence electrons. The fourth-order valence-corrected chi connectivity index (χ4v) is 2.67. The number of aliphatic imine (C=N–C) groups is 1. The van der Waals surface area contributed by atoms with Gasteiger partial charge in [0.05, 0.1) is 13.0 Å². The SMILES string of the molecule is CCC(C)NC(=O)CCNC(=NC)N1CC(C)C(C(=O)OC)C1. The molecule has 7 nitrogen and oxygen atoms in total. The molecule has 0 radical (unpaired) electrons. The second kappa shape index (κ2) is 9.37. The number of rotatable bonds is 6. The fraction of sp³-hybridized carbons (Fsp3) is 0.812. The fourth-order valence-electron chi connectivity index (χ4n) is 2.67. The van der Waals surface area contributed by atoms with Crippen molar-refractivity contribution in [3.63, 3.8) is 0 Å². The lowest BCUT2D eigenvalue weighted by molar-refractivity contribution is -0.146. The van der Waals surface area contributed by atoms with E-state index in [0.29, 0.717) is 19.5 Å². The van der Waals surface area contributed by atoms with Crippen molar-refractivity contribution in [1.82, 2.24) is 15.5 Å². The summed E-state index contributed by atoms with van der Waals surface area (Å²) in [5.41, 5.74) is 0. The maximum Gasteiger partial charge on any atom is 0.310 e. The Labute approximate surface area is 138 Å². The molecule has 23 heavy (non-hydrogen) atoms. The number of hydrogen-bond acceptors (Lipinski definition) is 4. The van der Waals surface area contributed by atoms with Crippen molar-refractivity contribution < 1.29 is 14.3 Å². The lowest BCUT2D eigenvalue weighted by Gasteiger charge is -2.21. The van der Waals surface area contributed by atoms with Gasteiger partial charge in [0.2, 0.25) is 5.91 Å². The number of ether oxygens (including phenoxy) is 1. The van der Waals surface area contributed by atoms with Gasteiger partial charge in [-0.3, -0.25) is 14.6 Å². The van der Waals surface area contributed by atoms with E-state index in [9.17, 15) is 9.59 Å². The third-order valence-corrected chi connectivity index (χ3v) is 4.28. The van der Waals surface area contributed by atoms with E-state index < -0.39 is 0 Å². The summed E-state index contributed by atoms with van der Waals surface area (Å²) in [5.74, 6) is 0.662. The first-order valence-corrected chi connectivity index (χ1v) is 8.25. The van der Waals surface area contributed by atoms with E-state index in [0.717, 1.165) is 18.9 Å². The molecule has 1 fully saturated rings. The molecule has 7 heteroatoms. The minimum Gasteiger partial charge on any atom is -0.469 e.